The van der Waals surface area contributed by atoms with Crippen LogP contribution in [0.2, 0.25) is 0 Å². The van der Waals surface area contributed by atoms with Crippen molar-refractivity contribution in [3.8, 4) is 11.3 Å². The zero-order valence-electron chi connectivity index (χ0n) is 17.8. The third-order valence-electron chi connectivity index (χ3n) is 6.39. The number of fused-ring (bicyclic) bond motifs is 2. The molecule has 0 atom stereocenters. The molecule has 8 heteroatoms. The van der Waals surface area contributed by atoms with Crippen molar-refractivity contribution in [1.29, 1.82) is 0 Å². The number of nitrogens with zero attached hydrogens (tertiary/aromatic N) is 5. The lowest BCUT2D eigenvalue weighted by atomic mass is 9.80. The minimum atomic E-state index is -0.517. The molecule has 1 aliphatic carbocycles. The summed E-state index contributed by atoms with van der Waals surface area (Å²) >= 11 is 0. The maximum absolute atomic E-state index is 10.5. The highest BCUT2D eigenvalue weighted by Gasteiger charge is 2.31. The Balaban J connectivity index is 1.46. The van der Waals surface area contributed by atoms with E-state index in [1.165, 1.54) is 0 Å². The smallest absolute Gasteiger partial charge is 0.243 e. The number of hydrogen-bond donors (Lipinski definition) is 3. The van der Waals surface area contributed by atoms with E-state index in [-0.39, 0.29) is 6.04 Å². The van der Waals surface area contributed by atoms with E-state index < -0.39 is 5.60 Å². The molecule has 0 radical (unpaired) electrons. The van der Waals surface area contributed by atoms with Crippen LogP contribution >= 0.6 is 0 Å². The summed E-state index contributed by atoms with van der Waals surface area (Å²) in [6.45, 7) is 2.05. The Morgan fingerprint density at radius 1 is 1.13 bits per heavy atom. The number of rotatable bonds is 5. The molecule has 8 nitrogen and oxygen atoms in total. The first kappa shape index (κ1) is 19.7. The monoisotopic (exact) mass is 417 g/mol. The van der Waals surface area contributed by atoms with Gasteiger partial charge in [-0.2, -0.15) is 4.98 Å². The number of aromatic nitrogens is 5. The van der Waals surface area contributed by atoms with Crippen molar-refractivity contribution in [2.24, 2.45) is 0 Å². The molecule has 0 aliphatic heterocycles. The molecule has 0 saturated heterocycles. The molecule has 1 aliphatic rings. The third kappa shape index (κ3) is 3.67. The lowest BCUT2D eigenvalue weighted by Crippen LogP contribution is -2.38. The van der Waals surface area contributed by atoms with Gasteiger partial charge >= 0.3 is 0 Å². The van der Waals surface area contributed by atoms with Gasteiger partial charge in [0.25, 0.3) is 0 Å². The fraction of sp³-hybridized carbons (Fsp3) is 0.391. The maximum atomic E-state index is 10.5. The molecule has 1 fully saturated rings. The van der Waals surface area contributed by atoms with Gasteiger partial charge in [0.2, 0.25) is 5.95 Å². The number of nitrogens with one attached hydrogen (secondary N) is 2. The third-order valence-corrected chi connectivity index (χ3v) is 6.39. The summed E-state index contributed by atoms with van der Waals surface area (Å²) in [7, 11) is 1.86. The van der Waals surface area contributed by atoms with Gasteiger partial charge in [-0.3, -0.25) is 4.98 Å². The van der Waals surface area contributed by atoms with Gasteiger partial charge in [-0.1, -0.05) is 6.92 Å². The van der Waals surface area contributed by atoms with E-state index in [4.69, 9.17) is 15.1 Å². The molecule has 4 aromatic rings. The van der Waals surface area contributed by atoms with Crippen LogP contribution in [0.4, 0.5) is 11.8 Å². The molecular formula is C23H27N7O. The Morgan fingerprint density at radius 2 is 1.97 bits per heavy atom. The summed E-state index contributed by atoms with van der Waals surface area (Å²) in [5.41, 5.74) is 3.91. The first-order valence-corrected chi connectivity index (χ1v) is 10.9. The standard InChI is InChI=1S/C23H27N7O/c1-3-23(31)11-8-15(9-12-23)26-22-28-21(24-2)20-16(10-14-30(20)29-22)17-6-7-18-19(27-17)5-4-13-25-18/h4-7,10,13-15,31H,3,8-9,11-12H2,1-2H3,(H2,24,26,28,29). The van der Waals surface area contributed by atoms with E-state index in [1.807, 2.05) is 48.1 Å². The second-order valence-electron chi connectivity index (χ2n) is 8.29. The van der Waals surface area contributed by atoms with Crippen LogP contribution in [0.25, 0.3) is 27.8 Å². The minimum Gasteiger partial charge on any atom is -0.390 e. The Morgan fingerprint density at radius 3 is 2.74 bits per heavy atom. The molecule has 0 spiro atoms. The number of hydrogen-bond acceptors (Lipinski definition) is 7. The first-order chi connectivity index (χ1) is 15.1. The highest BCUT2D eigenvalue weighted by atomic mass is 16.3. The van der Waals surface area contributed by atoms with Crippen LogP contribution in [-0.4, -0.2) is 48.4 Å². The topological polar surface area (TPSA) is 100 Å². The molecule has 0 unspecified atom stereocenters. The summed E-state index contributed by atoms with van der Waals surface area (Å²) in [6, 6.07) is 10.1. The molecular weight excluding hydrogens is 390 g/mol. The van der Waals surface area contributed by atoms with Gasteiger partial charge < -0.3 is 15.7 Å². The predicted molar refractivity (Wildman–Crippen MR) is 122 cm³/mol. The largest absolute Gasteiger partial charge is 0.390 e. The van der Waals surface area contributed by atoms with Crippen molar-refractivity contribution in [2.75, 3.05) is 17.7 Å². The highest BCUT2D eigenvalue weighted by Crippen LogP contribution is 2.33. The zero-order valence-corrected chi connectivity index (χ0v) is 17.8. The molecule has 4 aromatic heterocycles. The van der Waals surface area contributed by atoms with E-state index in [2.05, 4.69) is 22.5 Å². The van der Waals surface area contributed by atoms with E-state index >= 15 is 0 Å². The Labute approximate surface area is 180 Å². The minimum absolute atomic E-state index is 0.263. The van der Waals surface area contributed by atoms with Crippen LogP contribution in [0.5, 0.6) is 0 Å². The first-order valence-electron chi connectivity index (χ1n) is 10.9. The molecule has 160 valence electrons. The van der Waals surface area contributed by atoms with E-state index in [0.717, 1.165) is 65.7 Å². The predicted octanol–water partition coefficient (Wildman–Crippen LogP) is 3.88. The maximum Gasteiger partial charge on any atom is 0.243 e. The second kappa shape index (κ2) is 7.77. The summed E-state index contributed by atoms with van der Waals surface area (Å²) in [5, 5.41) is 21.9. The molecule has 4 heterocycles. The molecule has 0 amide bonds. The fourth-order valence-electron chi connectivity index (χ4n) is 4.41. The molecule has 5 rings (SSSR count). The average molecular weight is 418 g/mol. The van der Waals surface area contributed by atoms with E-state index in [1.54, 1.807) is 6.20 Å². The second-order valence-corrected chi connectivity index (χ2v) is 8.29. The van der Waals surface area contributed by atoms with Gasteiger partial charge in [-0.15, -0.1) is 5.10 Å². The highest BCUT2D eigenvalue weighted by molar-refractivity contribution is 5.89. The van der Waals surface area contributed by atoms with Crippen LogP contribution in [0.1, 0.15) is 39.0 Å². The molecule has 0 bridgehead atoms. The van der Waals surface area contributed by atoms with Crippen molar-refractivity contribution in [3.05, 3.63) is 42.7 Å². The van der Waals surface area contributed by atoms with Crippen LogP contribution in [0.15, 0.2) is 42.7 Å². The molecule has 1 saturated carbocycles. The summed E-state index contributed by atoms with van der Waals surface area (Å²) < 4.78 is 1.84. The van der Waals surface area contributed by atoms with Gasteiger partial charge in [0.15, 0.2) is 5.82 Å². The summed E-state index contributed by atoms with van der Waals surface area (Å²) in [6.07, 6.45) is 7.94. The van der Waals surface area contributed by atoms with Gasteiger partial charge in [-0.25, -0.2) is 9.50 Å². The SMILES string of the molecule is CCC1(O)CCC(Nc2nc(NC)c3c(-c4ccc5ncccc5n4)ccn3n2)CC1. The van der Waals surface area contributed by atoms with Crippen molar-refractivity contribution in [1.82, 2.24) is 24.6 Å². The number of pyridine rings is 2. The normalized spacial score (nSPS) is 21.5. The molecule has 31 heavy (non-hydrogen) atoms. The lowest BCUT2D eigenvalue weighted by molar-refractivity contribution is -0.00198. The van der Waals surface area contributed by atoms with Crippen LogP contribution in [-0.2, 0) is 0 Å². The van der Waals surface area contributed by atoms with Crippen molar-refractivity contribution in [3.63, 3.8) is 0 Å². The summed E-state index contributed by atoms with van der Waals surface area (Å²) in [5.74, 6) is 1.33. The zero-order chi connectivity index (χ0) is 21.4. The van der Waals surface area contributed by atoms with Crippen LogP contribution in [0, 0.1) is 0 Å². The fourth-order valence-corrected chi connectivity index (χ4v) is 4.41. The van der Waals surface area contributed by atoms with Crippen LogP contribution < -0.4 is 10.6 Å². The molecule has 0 aromatic carbocycles. The van der Waals surface area contributed by atoms with E-state index in [9.17, 15) is 5.11 Å². The van der Waals surface area contributed by atoms with E-state index in [0.29, 0.717) is 5.95 Å². The Hall–Kier alpha value is -3.26. The van der Waals surface area contributed by atoms with Gasteiger partial charge in [0.05, 0.1) is 22.3 Å². The summed E-state index contributed by atoms with van der Waals surface area (Å²) in [4.78, 5) is 13.9. The Bertz CT molecular complexity index is 1230. The average Bonchev–Trinajstić information content (AvgIpc) is 3.24. The van der Waals surface area contributed by atoms with Crippen molar-refractivity contribution < 1.29 is 5.11 Å². The molecule has 3 N–H and O–H groups in total. The van der Waals surface area contributed by atoms with Gasteiger partial charge in [0.1, 0.15) is 5.52 Å². The lowest BCUT2D eigenvalue weighted by Gasteiger charge is -2.35. The van der Waals surface area contributed by atoms with Gasteiger partial charge in [-0.05, 0) is 62.4 Å². The number of anilines is 2. The number of aliphatic hydroxyl groups is 1. The van der Waals surface area contributed by atoms with Crippen molar-refractivity contribution >= 4 is 28.3 Å². The quantitative estimate of drug-likeness (QED) is 0.453. The van der Waals surface area contributed by atoms with Gasteiger partial charge in [0, 0.05) is 31.0 Å². The van der Waals surface area contributed by atoms with Crippen LogP contribution in [0.3, 0.4) is 0 Å². The van der Waals surface area contributed by atoms with Crippen molar-refractivity contribution in [2.45, 2.75) is 50.7 Å². The Kier molecular flexibility index (Phi) is 4.94.